The predicted octanol–water partition coefficient (Wildman–Crippen LogP) is 5.55. The summed E-state index contributed by atoms with van der Waals surface area (Å²) in [6.45, 7) is 14.7. The smallest absolute Gasteiger partial charge is 0.119 e. The zero-order valence-electron chi connectivity index (χ0n) is 19.5. The molecule has 2 fully saturated rings. The van der Waals surface area contributed by atoms with Crippen LogP contribution in [0.2, 0.25) is 0 Å². The molecule has 3 nitrogen and oxygen atoms in total. The van der Waals surface area contributed by atoms with E-state index in [9.17, 15) is 5.11 Å². The highest BCUT2D eigenvalue weighted by atomic mass is 16.5. The Labute approximate surface area is 178 Å². The number of nitrogens with one attached hydrogen (secondary N) is 1. The fourth-order valence-electron chi connectivity index (χ4n) is 6.06. The van der Waals surface area contributed by atoms with E-state index in [2.05, 4.69) is 59.0 Å². The van der Waals surface area contributed by atoms with Crippen molar-refractivity contribution in [2.75, 3.05) is 13.2 Å². The van der Waals surface area contributed by atoms with Crippen LogP contribution in [0, 0.1) is 23.2 Å². The van der Waals surface area contributed by atoms with Crippen LogP contribution in [0.25, 0.3) is 0 Å². The zero-order valence-corrected chi connectivity index (χ0v) is 19.5. The molecular formula is C26H43NO2. The molecule has 0 saturated heterocycles. The number of hydrogen-bond donors (Lipinski definition) is 2. The molecule has 0 aromatic heterocycles. The summed E-state index contributed by atoms with van der Waals surface area (Å²) < 4.78 is 5.85. The summed E-state index contributed by atoms with van der Waals surface area (Å²) in [5.74, 6) is 3.52. The number of rotatable bonds is 9. The minimum absolute atomic E-state index is 0.135. The van der Waals surface area contributed by atoms with Crippen molar-refractivity contribution in [3.8, 4) is 5.75 Å². The third kappa shape index (κ3) is 6.21. The molecule has 2 aliphatic carbocycles. The lowest BCUT2D eigenvalue weighted by Gasteiger charge is -2.33. The van der Waals surface area contributed by atoms with Gasteiger partial charge in [0.1, 0.15) is 18.5 Å². The largest absolute Gasteiger partial charge is 0.491 e. The first-order chi connectivity index (χ1) is 13.5. The van der Waals surface area contributed by atoms with Crippen LogP contribution in [-0.2, 0) is 5.41 Å². The predicted molar refractivity (Wildman–Crippen MR) is 121 cm³/mol. The van der Waals surface area contributed by atoms with Gasteiger partial charge in [-0.3, -0.25) is 0 Å². The average molecular weight is 402 g/mol. The molecule has 2 aliphatic rings. The van der Waals surface area contributed by atoms with E-state index in [1.165, 1.54) is 31.2 Å². The first kappa shape index (κ1) is 22.6. The van der Waals surface area contributed by atoms with E-state index < -0.39 is 6.10 Å². The lowest BCUT2D eigenvalue weighted by atomic mass is 9.72. The highest BCUT2D eigenvalue weighted by Gasteiger charge is 2.41. The van der Waals surface area contributed by atoms with Crippen molar-refractivity contribution >= 4 is 0 Å². The quantitative estimate of drug-likeness (QED) is 0.570. The maximum atomic E-state index is 10.4. The van der Waals surface area contributed by atoms with Crippen molar-refractivity contribution in [3.63, 3.8) is 0 Å². The number of fused-ring (bicyclic) bond motifs is 2. The van der Waals surface area contributed by atoms with Crippen LogP contribution in [0.1, 0.15) is 79.2 Å². The second kappa shape index (κ2) is 8.98. The summed E-state index contributed by atoms with van der Waals surface area (Å²) in [7, 11) is 0. The van der Waals surface area contributed by atoms with Crippen LogP contribution >= 0.6 is 0 Å². The van der Waals surface area contributed by atoms with Crippen LogP contribution in [0.3, 0.4) is 0 Å². The molecule has 0 amide bonds. The van der Waals surface area contributed by atoms with Crippen molar-refractivity contribution in [1.29, 1.82) is 0 Å². The van der Waals surface area contributed by atoms with Gasteiger partial charge in [0.15, 0.2) is 0 Å². The summed E-state index contributed by atoms with van der Waals surface area (Å²) >= 11 is 0. The highest BCUT2D eigenvalue weighted by Crippen LogP contribution is 2.49. The Hall–Kier alpha value is -1.06. The zero-order chi connectivity index (χ0) is 21.2. The first-order valence-electron chi connectivity index (χ1n) is 11.7. The van der Waals surface area contributed by atoms with Crippen molar-refractivity contribution in [1.82, 2.24) is 5.32 Å². The van der Waals surface area contributed by atoms with Gasteiger partial charge in [-0.15, -0.1) is 0 Å². The summed E-state index contributed by atoms with van der Waals surface area (Å²) in [4.78, 5) is 0. The Morgan fingerprint density at radius 2 is 1.76 bits per heavy atom. The molecule has 0 aliphatic heterocycles. The van der Waals surface area contributed by atoms with Crippen LogP contribution in [0.5, 0.6) is 5.75 Å². The molecule has 3 rings (SSSR count). The second-order valence-corrected chi connectivity index (χ2v) is 11.6. The summed E-state index contributed by atoms with van der Waals surface area (Å²) in [5.41, 5.74) is 1.77. The molecule has 1 aromatic rings. The summed E-state index contributed by atoms with van der Waals surface area (Å²) in [5, 5.41) is 13.9. The Kier molecular flexibility index (Phi) is 7.00. The van der Waals surface area contributed by atoms with Crippen LogP contribution in [0.4, 0.5) is 0 Å². The SMILES string of the molecule is C[C@H](NC[C@@H](O)COc1ccc(C(C)(C)CC(C)(C)C)cc1)[C@@H]1C[C@@H]2CC[C@@H]1C2. The molecule has 1 aromatic carbocycles. The minimum Gasteiger partial charge on any atom is -0.491 e. The molecule has 0 spiro atoms. The molecule has 2 bridgehead atoms. The normalized spacial score (nSPS) is 26.5. The van der Waals surface area contributed by atoms with Gasteiger partial charge in [0, 0.05) is 12.6 Å². The number of hydrogen-bond acceptors (Lipinski definition) is 3. The Morgan fingerprint density at radius 1 is 1.07 bits per heavy atom. The fourth-order valence-corrected chi connectivity index (χ4v) is 6.06. The van der Waals surface area contributed by atoms with Gasteiger partial charge in [0.25, 0.3) is 0 Å². The van der Waals surface area contributed by atoms with Gasteiger partial charge >= 0.3 is 0 Å². The van der Waals surface area contributed by atoms with E-state index in [0.717, 1.165) is 29.9 Å². The maximum absolute atomic E-state index is 10.4. The van der Waals surface area contributed by atoms with Gasteiger partial charge < -0.3 is 15.2 Å². The molecule has 5 atom stereocenters. The third-order valence-corrected chi connectivity index (χ3v) is 7.16. The lowest BCUT2D eigenvalue weighted by Crippen LogP contribution is -2.41. The van der Waals surface area contributed by atoms with E-state index in [1.54, 1.807) is 0 Å². The van der Waals surface area contributed by atoms with Gasteiger partial charge in [-0.2, -0.15) is 0 Å². The van der Waals surface area contributed by atoms with Crippen molar-refractivity contribution in [2.45, 2.75) is 91.2 Å². The minimum atomic E-state index is -0.479. The number of aliphatic hydroxyl groups excluding tert-OH is 1. The van der Waals surface area contributed by atoms with E-state index >= 15 is 0 Å². The van der Waals surface area contributed by atoms with Gasteiger partial charge in [0.05, 0.1) is 0 Å². The van der Waals surface area contributed by atoms with Crippen LogP contribution in [-0.4, -0.2) is 30.4 Å². The molecule has 0 unspecified atom stereocenters. The molecule has 0 radical (unpaired) electrons. The average Bonchev–Trinajstić information content (AvgIpc) is 3.26. The molecular weight excluding hydrogens is 358 g/mol. The number of benzene rings is 1. The van der Waals surface area contributed by atoms with Crippen molar-refractivity contribution in [2.24, 2.45) is 23.2 Å². The topological polar surface area (TPSA) is 41.5 Å². The highest BCUT2D eigenvalue weighted by molar-refractivity contribution is 5.31. The Balaban J connectivity index is 1.41. The fraction of sp³-hybridized carbons (Fsp3) is 0.769. The van der Waals surface area contributed by atoms with Crippen molar-refractivity contribution < 1.29 is 9.84 Å². The summed E-state index contributed by atoms with van der Waals surface area (Å²) in [6.07, 6.45) is 6.32. The molecule has 29 heavy (non-hydrogen) atoms. The van der Waals surface area contributed by atoms with Gasteiger partial charge in [-0.1, -0.05) is 53.2 Å². The number of aliphatic hydroxyl groups is 1. The van der Waals surface area contributed by atoms with E-state index in [1.807, 2.05) is 12.1 Å². The Bertz CT molecular complexity index is 646. The Morgan fingerprint density at radius 3 is 2.31 bits per heavy atom. The summed E-state index contributed by atoms with van der Waals surface area (Å²) in [6, 6.07) is 8.91. The van der Waals surface area contributed by atoms with E-state index in [4.69, 9.17) is 4.74 Å². The van der Waals surface area contributed by atoms with E-state index in [-0.39, 0.29) is 5.41 Å². The van der Waals surface area contributed by atoms with Gasteiger partial charge in [0.2, 0.25) is 0 Å². The van der Waals surface area contributed by atoms with Crippen LogP contribution < -0.4 is 10.1 Å². The standard InChI is InChI=1S/C26H43NO2/c1-18(24-14-19-7-8-20(24)13-19)27-15-22(28)16-29-23-11-9-21(10-12-23)26(5,6)17-25(2,3)4/h9-12,18-20,22,24,27-28H,7-8,13-17H2,1-6H3/t18-,19+,20+,22+,24-/m0/s1. The molecule has 164 valence electrons. The molecule has 0 heterocycles. The first-order valence-corrected chi connectivity index (χ1v) is 11.7. The molecule has 3 heteroatoms. The van der Waals surface area contributed by atoms with E-state index in [0.29, 0.717) is 24.6 Å². The maximum Gasteiger partial charge on any atom is 0.119 e. The van der Waals surface area contributed by atoms with Crippen LogP contribution in [0.15, 0.2) is 24.3 Å². The van der Waals surface area contributed by atoms with Gasteiger partial charge in [-0.25, -0.2) is 0 Å². The third-order valence-electron chi connectivity index (χ3n) is 7.16. The van der Waals surface area contributed by atoms with Gasteiger partial charge in [-0.05, 0) is 78.9 Å². The number of ether oxygens (including phenoxy) is 1. The molecule has 2 N–H and O–H groups in total. The monoisotopic (exact) mass is 401 g/mol. The molecule has 2 saturated carbocycles. The second-order valence-electron chi connectivity index (χ2n) is 11.6. The lowest BCUT2D eigenvalue weighted by molar-refractivity contribution is 0.0993. The van der Waals surface area contributed by atoms with Crippen molar-refractivity contribution in [3.05, 3.63) is 29.8 Å².